The third kappa shape index (κ3) is 8.96. The molecule has 0 N–H and O–H groups in total. The molecule has 0 aliphatic heterocycles. The maximum atomic E-state index is 3.61. The first-order chi connectivity index (χ1) is 5.91. The Morgan fingerprint density at radius 2 is 1.75 bits per heavy atom. The van der Waals surface area contributed by atoms with E-state index in [4.69, 9.17) is 0 Å². The van der Waals surface area contributed by atoms with Gasteiger partial charge in [0.1, 0.15) is 0 Å². The summed E-state index contributed by atoms with van der Waals surface area (Å²) in [6.45, 7) is 5.65. The van der Waals surface area contributed by atoms with Crippen molar-refractivity contribution in [2.75, 3.05) is 0 Å². The van der Waals surface area contributed by atoms with E-state index in [1.54, 1.807) is 0 Å². The van der Waals surface area contributed by atoms with Gasteiger partial charge in [0.15, 0.2) is 0 Å². The second kappa shape index (κ2) is 9.96. The summed E-state index contributed by atoms with van der Waals surface area (Å²) in [7, 11) is 0. The fourth-order valence-corrected chi connectivity index (χ4v) is 0.814. The minimum Gasteiger partial charge on any atom is -0.0991 e. The molecule has 0 aromatic heterocycles. The maximum absolute atomic E-state index is 3.61. The predicted molar refractivity (Wildman–Crippen MR) is 57.1 cm³/mol. The van der Waals surface area contributed by atoms with Gasteiger partial charge < -0.3 is 0 Å². The average molecular weight is 162 g/mol. The summed E-state index contributed by atoms with van der Waals surface area (Å²) in [5.74, 6) is 0. The number of rotatable bonds is 6. The molecule has 12 heavy (non-hydrogen) atoms. The predicted octanol–water partition coefficient (Wildman–Crippen LogP) is 4.03. The van der Waals surface area contributed by atoms with Gasteiger partial charge >= 0.3 is 0 Å². The van der Waals surface area contributed by atoms with Crippen molar-refractivity contribution in [1.29, 1.82) is 0 Å². The van der Waals surface area contributed by atoms with Crippen molar-refractivity contribution < 1.29 is 0 Å². The molecule has 0 atom stereocenters. The van der Waals surface area contributed by atoms with E-state index in [2.05, 4.69) is 37.0 Å². The summed E-state index contributed by atoms with van der Waals surface area (Å²) in [5, 5.41) is 0. The van der Waals surface area contributed by atoms with E-state index in [1.165, 1.54) is 0 Å². The van der Waals surface area contributed by atoms with Gasteiger partial charge in [-0.2, -0.15) is 0 Å². The molecule has 66 valence electrons. The fourth-order valence-electron chi connectivity index (χ4n) is 0.814. The smallest absolute Gasteiger partial charge is 0.0169 e. The van der Waals surface area contributed by atoms with E-state index >= 15 is 0 Å². The van der Waals surface area contributed by atoms with Gasteiger partial charge in [0.25, 0.3) is 0 Å². The summed E-state index contributed by atoms with van der Waals surface area (Å²) >= 11 is 0. The zero-order chi connectivity index (χ0) is 9.07. The standard InChI is InChI=1S/C12H18/c1-3-5-7-9-11-12-10-8-6-4-2/h3-7,10,12H,1,8-9,11H2,2H3. The molecule has 0 aliphatic rings. The lowest BCUT2D eigenvalue weighted by atomic mass is 10.2. The van der Waals surface area contributed by atoms with E-state index in [-0.39, 0.29) is 0 Å². The topological polar surface area (TPSA) is 0 Å². The summed E-state index contributed by atoms with van der Waals surface area (Å²) in [5.41, 5.74) is 0. The lowest BCUT2D eigenvalue weighted by Crippen LogP contribution is -1.64. The van der Waals surface area contributed by atoms with Gasteiger partial charge in [-0.15, -0.1) is 0 Å². The second-order valence-corrected chi connectivity index (χ2v) is 2.52. The van der Waals surface area contributed by atoms with Crippen LogP contribution in [-0.4, -0.2) is 0 Å². The maximum Gasteiger partial charge on any atom is -0.0169 e. The second-order valence-electron chi connectivity index (χ2n) is 2.52. The van der Waals surface area contributed by atoms with Gasteiger partial charge in [-0.25, -0.2) is 0 Å². The lowest BCUT2D eigenvalue weighted by Gasteiger charge is -1.84. The highest BCUT2D eigenvalue weighted by Crippen LogP contribution is 1.95. The van der Waals surface area contributed by atoms with Crippen molar-refractivity contribution in [3.63, 3.8) is 0 Å². The Labute approximate surface area is 76.0 Å². The van der Waals surface area contributed by atoms with Crippen molar-refractivity contribution in [3.05, 3.63) is 49.1 Å². The van der Waals surface area contributed by atoms with Crippen molar-refractivity contribution in [1.82, 2.24) is 0 Å². The first-order valence-corrected chi connectivity index (χ1v) is 4.45. The molecule has 0 spiro atoms. The highest BCUT2D eigenvalue weighted by molar-refractivity contribution is 4.98. The Balaban J connectivity index is 3.24. The summed E-state index contributed by atoms with van der Waals surface area (Å²) in [4.78, 5) is 0. The van der Waals surface area contributed by atoms with Crippen molar-refractivity contribution in [2.24, 2.45) is 0 Å². The van der Waals surface area contributed by atoms with Crippen LogP contribution in [0.4, 0.5) is 0 Å². The minimum absolute atomic E-state index is 1.06. The van der Waals surface area contributed by atoms with E-state index in [1.807, 2.05) is 19.1 Å². The van der Waals surface area contributed by atoms with Gasteiger partial charge in [-0.05, 0) is 26.2 Å². The first kappa shape index (κ1) is 11.0. The highest BCUT2D eigenvalue weighted by Gasteiger charge is 1.74. The first-order valence-electron chi connectivity index (χ1n) is 4.45. The molecule has 0 fully saturated rings. The zero-order valence-electron chi connectivity index (χ0n) is 7.87. The Morgan fingerprint density at radius 1 is 1.00 bits per heavy atom. The molecule has 0 aromatic rings. The van der Waals surface area contributed by atoms with Crippen LogP contribution in [-0.2, 0) is 0 Å². The van der Waals surface area contributed by atoms with Crippen LogP contribution < -0.4 is 0 Å². The van der Waals surface area contributed by atoms with E-state index in [0.717, 1.165) is 19.3 Å². The van der Waals surface area contributed by atoms with Crippen LogP contribution in [0.1, 0.15) is 26.2 Å². The van der Waals surface area contributed by atoms with Gasteiger partial charge in [0.05, 0.1) is 0 Å². The minimum atomic E-state index is 1.06. The number of allylic oxidation sites excluding steroid dienone is 7. The number of unbranched alkanes of at least 4 members (excludes halogenated alkanes) is 1. The van der Waals surface area contributed by atoms with E-state index in [9.17, 15) is 0 Å². The van der Waals surface area contributed by atoms with Crippen molar-refractivity contribution in [3.8, 4) is 0 Å². The number of hydrogen-bond acceptors (Lipinski definition) is 0. The van der Waals surface area contributed by atoms with Gasteiger partial charge in [0, 0.05) is 0 Å². The molecule has 0 aliphatic carbocycles. The monoisotopic (exact) mass is 162 g/mol. The molecule has 0 saturated carbocycles. The molecule has 0 radical (unpaired) electrons. The largest absolute Gasteiger partial charge is 0.0991 e. The summed E-state index contributed by atoms with van der Waals surface area (Å²) in [6, 6.07) is 0. The van der Waals surface area contributed by atoms with Crippen LogP contribution >= 0.6 is 0 Å². The Bertz CT molecular complexity index is 170. The Morgan fingerprint density at radius 3 is 2.42 bits per heavy atom. The number of hydrogen-bond donors (Lipinski definition) is 0. The fraction of sp³-hybridized carbons (Fsp3) is 0.333. The SMILES string of the molecule is C=CC=CCCC=CCC=CC. The molecule has 0 heterocycles. The average Bonchev–Trinajstić information content (AvgIpc) is 2.10. The molecular weight excluding hydrogens is 144 g/mol. The molecule has 0 bridgehead atoms. The van der Waals surface area contributed by atoms with Crippen LogP contribution in [0.15, 0.2) is 49.1 Å². The lowest BCUT2D eigenvalue weighted by molar-refractivity contribution is 1.04. The van der Waals surface area contributed by atoms with Gasteiger partial charge in [-0.3, -0.25) is 0 Å². The Kier molecular flexibility index (Phi) is 9.10. The summed E-state index contributed by atoms with van der Waals surface area (Å²) < 4.78 is 0. The highest BCUT2D eigenvalue weighted by atomic mass is 13.8. The quantitative estimate of drug-likeness (QED) is 0.314. The van der Waals surface area contributed by atoms with E-state index in [0.29, 0.717) is 0 Å². The molecule has 0 saturated heterocycles. The molecule has 0 nitrogen and oxygen atoms in total. The Hall–Kier alpha value is -1.04. The van der Waals surface area contributed by atoms with Crippen LogP contribution in [0.3, 0.4) is 0 Å². The van der Waals surface area contributed by atoms with Gasteiger partial charge in [0.2, 0.25) is 0 Å². The van der Waals surface area contributed by atoms with Crippen molar-refractivity contribution in [2.45, 2.75) is 26.2 Å². The molecule has 0 rings (SSSR count). The molecule has 0 amide bonds. The third-order valence-corrected chi connectivity index (χ3v) is 1.45. The molecule has 0 unspecified atom stereocenters. The van der Waals surface area contributed by atoms with Crippen LogP contribution in [0, 0.1) is 0 Å². The summed E-state index contributed by atoms with van der Waals surface area (Å²) in [6.07, 6.45) is 17.9. The van der Waals surface area contributed by atoms with Gasteiger partial charge in [-0.1, -0.05) is 49.1 Å². The van der Waals surface area contributed by atoms with Crippen LogP contribution in [0.5, 0.6) is 0 Å². The van der Waals surface area contributed by atoms with Crippen LogP contribution in [0.25, 0.3) is 0 Å². The molecule has 0 aromatic carbocycles. The third-order valence-electron chi connectivity index (χ3n) is 1.45. The van der Waals surface area contributed by atoms with Crippen molar-refractivity contribution >= 4 is 0 Å². The zero-order valence-corrected chi connectivity index (χ0v) is 7.87. The molecule has 0 heteroatoms. The normalized spacial score (nSPS) is 12.1. The molecular formula is C12H18. The van der Waals surface area contributed by atoms with Crippen LogP contribution in [0.2, 0.25) is 0 Å². The van der Waals surface area contributed by atoms with E-state index < -0.39 is 0 Å².